The van der Waals surface area contributed by atoms with Crippen LogP contribution in [0.3, 0.4) is 0 Å². The number of carbonyl (C=O) groups excluding carboxylic acids is 2. The molecule has 0 amide bonds. The molecule has 1 atom stereocenters. The molecule has 0 aromatic heterocycles. The Morgan fingerprint density at radius 2 is 1.74 bits per heavy atom. The average Bonchev–Trinajstić information content (AvgIpc) is 2.79. The minimum Gasteiger partial charge on any atom is -0.466 e. The minimum absolute atomic E-state index is 0.0707. The number of carbonyl (C=O) groups is 2. The van der Waals surface area contributed by atoms with Crippen molar-refractivity contribution >= 4 is 29.2 Å². The predicted molar refractivity (Wildman–Crippen MR) is 111 cm³/mol. The molecule has 0 spiro atoms. The van der Waals surface area contributed by atoms with Crippen molar-refractivity contribution in [2.24, 2.45) is 5.73 Å². The standard InChI is InChI=1S/C22H17ClFN3O4/c1-30-21(28)17-16(12-7-4-3-5-8-12)13(11-25)20(26)27(19(17)22(29)31-2)15-10-6-9-14(23)18(15)24/h3-10,16H,26H2,1-2H3. The van der Waals surface area contributed by atoms with Crippen molar-refractivity contribution < 1.29 is 23.5 Å². The molecule has 2 aromatic carbocycles. The van der Waals surface area contributed by atoms with Crippen LogP contribution in [0.1, 0.15) is 11.5 Å². The zero-order valence-electron chi connectivity index (χ0n) is 16.6. The van der Waals surface area contributed by atoms with Crippen LogP contribution in [0, 0.1) is 17.1 Å². The molecular weight excluding hydrogens is 425 g/mol. The lowest BCUT2D eigenvalue weighted by Crippen LogP contribution is -2.41. The first kappa shape index (κ1) is 21.9. The fraction of sp³-hybridized carbons (Fsp3) is 0.136. The largest absolute Gasteiger partial charge is 0.466 e. The topological polar surface area (TPSA) is 106 Å². The fourth-order valence-corrected chi connectivity index (χ4v) is 3.60. The number of nitriles is 1. The number of allylic oxidation sites excluding steroid dienone is 1. The van der Waals surface area contributed by atoms with E-state index in [0.717, 1.165) is 19.1 Å². The van der Waals surface area contributed by atoms with E-state index in [-0.39, 0.29) is 33.4 Å². The number of hydrogen-bond acceptors (Lipinski definition) is 7. The van der Waals surface area contributed by atoms with Gasteiger partial charge in [-0.15, -0.1) is 0 Å². The molecule has 1 aliphatic rings. The van der Waals surface area contributed by atoms with E-state index in [9.17, 15) is 19.2 Å². The van der Waals surface area contributed by atoms with Crippen molar-refractivity contribution in [2.75, 3.05) is 19.1 Å². The van der Waals surface area contributed by atoms with E-state index in [4.69, 9.17) is 26.8 Å². The van der Waals surface area contributed by atoms with Crippen molar-refractivity contribution in [3.63, 3.8) is 0 Å². The number of nitrogens with two attached hydrogens (primary N) is 1. The lowest BCUT2D eigenvalue weighted by atomic mass is 9.81. The van der Waals surface area contributed by atoms with Gasteiger partial charge in [-0.3, -0.25) is 4.90 Å². The number of benzene rings is 2. The van der Waals surface area contributed by atoms with Crippen LogP contribution in [0.4, 0.5) is 10.1 Å². The van der Waals surface area contributed by atoms with E-state index >= 15 is 0 Å². The van der Waals surface area contributed by atoms with Crippen LogP contribution in [0.15, 0.2) is 71.2 Å². The second kappa shape index (κ2) is 8.90. The van der Waals surface area contributed by atoms with Gasteiger partial charge in [-0.25, -0.2) is 14.0 Å². The Morgan fingerprint density at radius 3 is 2.32 bits per heavy atom. The Kier molecular flexibility index (Phi) is 6.28. The molecule has 2 N–H and O–H groups in total. The normalized spacial score (nSPS) is 16.1. The molecule has 0 radical (unpaired) electrons. The number of esters is 2. The van der Waals surface area contributed by atoms with Gasteiger partial charge in [0.1, 0.15) is 11.5 Å². The molecule has 0 bridgehead atoms. The zero-order valence-corrected chi connectivity index (χ0v) is 17.3. The maximum absolute atomic E-state index is 14.9. The van der Waals surface area contributed by atoms with Crippen LogP contribution in [0.25, 0.3) is 0 Å². The van der Waals surface area contributed by atoms with Gasteiger partial charge in [0.15, 0.2) is 5.82 Å². The summed E-state index contributed by atoms with van der Waals surface area (Å²) in [7, 11) is 2.23. The second-order valence-electron chi connectivity index (χ2n) is 6.41. The quantitative estimate of drug-likeness (QED) is 0.725. The number of nitrogens with zero attached hydrogens (tertiary/aromatic N) is 2. The van der Waals surface area contributed by atoms with Gasteiger partial charge < -0.3 is 15.2 Å². The molecule has 158 valence electrons. The van der Waals surface area contributed by atoms with E-state index in [1.807, 2.05) is 6.07 Å². The van der Waals surface area contributed by atoms with E-state index in [0.29, 0.717) is 5.56 Å². The fourth-order valence-electron chi connectivity index (χ4n) is 3.43. The highest BCUT2D eigenvalue weighted by atomic mass is 35.5. The lowest BCUT2D eigenvalue weighted by molar-refractivity contribution is -0.139. The number of methoxy groups -OCH3 is 2. The highest BCUT2D eigenvalue weighted by Crippen LogP contribution is 2.44. The first-order chi connectivity index (χ1) is 14.9. The molecular formula is C22H17ClFN3O4. The summed E-state index contributed by atoms with van der Waals surface area (Å²) >= 11 is 5.92. The third-order valence-corrected chi connectivity index (χ3v) is 5.07. The van der Waals surface area contributed by atoms with Crippen molar-refractivity contribution in [2.45, 2.75) is 5.92 Å². The van der Waals surface area contributed by atoms with Crippen LogP contribution in [-0.2, 0) is 19.1 Å². The van der Waals surface area contributed by atoms with Gasteiger partial charge in [-0.1, -0.05) is 48.0 Å². The molecule has 1 heterocycles. The summed E-state index contributed by atoms with van der Waals surface area (Å²) in [6.07, 6.45) is 0. The van der Waals surface area contributed by atoms with Crippen molar-refractivity contribution in [1.82, 2.24) is 0 Å². The maximum atomic E-state index is 14.9. The Morgan fingerprint density at radius 1 is 1.10 bits per heavy atom. The summed E-state index contributed by atoms with van der Waals surface area (Å²) in [5.74, 6) is -4.05. The summed E-state index contributed by atoms with van der Waals surface area (Å²) in [5.41, 5.74) is 5.90. The van der Waals surface area contributed by atoms with E-state index < -0.39 is 23.7 Å². The second-order valence-corrected chi connectivity index (χ2v) is 6.82. The average molecular weight is 442 g/mol. The number of halogens is 2. The number of ether oxygens (including phenoxy) is 2. The Labute approximate surface area is 182 Å². The zero-order chi connectivity index (χ0) is 22.7. The molecule has 7 nitrogen and oxygen atoms in total. The van der Waals surface area contributed by atoms with Gasteiger partial charge in [0.25, 0.3) is 0 Å². The smallest absolute Gasteiger partial charge is 0.355 e. The van der Waals surface area contributed by atoms with E-state index in [1.165, 1.54) is 18.2 Å². The molecule has 9 heteroatoms. The van der Waals surface area contributed by atoms with Crippen molar-refractivity contribution in [3.8, 4) is 6.07 Å². The third-order valence-electron chi connectivity index (χ3n) is 4.78. The molecule has 31 heavy (non-hydrogen) atoms. The third kappa shape index (κ3) is 3.71. The van der Waals surface area contributed by atoms with Gasteiger partial charge in [0.2, 0.25) is 0 Å². The Balaban J connectivity index is 2.45. The number of hydrogen-bond donors (Lipinski definition) is 1. The molecule has 1 unspecified atom stereocenters. The number of anilines is 1. The van der Waals surface area contributed by atoms with Crippen LogP contribution in [-0.4, -0.2) is 26.2 Å². The summed E-state index contributed by atoms with van der Waals surface area (Å²) in [6, 6.07) is 14.5. The minimum atomic E-state index is -1.04. The molecule has 0 fully saturated rings. The summed E-state index contributed by atoms with van der Waals surface area (Å²) < 4.78 is 24.7. The SMILES string of the molecule is COC(=O)C1=C(C(=O)OC)N(c2cccc(Cl)c2F)C(N)=C(C#N)C1c1ccccc1. The molecule has 2 aromatic rings. The van der Waals surface area contributed by atoms with Crippen LogP contribution < -0.4 is 10.6 Å². The Hall–Kier alpha value is -3.83. The van der Waals surface area contributed by atoms with Gasteiger partial charge >= 0.3 is 11.9 Å². The monoisotopic (exact) mass is 441 g/mol. The maximum Gasteiger partial charge on any atom is 0.355 e. The predicted octanol–water partition coefficient (Wildman–Crippen LogP) is 3.38. The van der Waals surface area contributed by atoms with Crippen molar-refractivity contribution in [1.29, 1.82) is 5.26 Å². The van der Waals surface area contributed by atoms with E-state index in [1.54, 1.807) is 30.3 Å². The van der Waals surface area contributed by atoms with E-state index in [2.05, 4.69) is 0 Å². The summed E-state index contributed by atoms with van der Waals surface area (Å²) in [4.78, 5) is 26.7. The summed E-state index contributed by atoms with van der Waals surface area (Å²) in [5, 5.41) is 9.67. The molecule has 0 aliphatic carbocycles. The highest BCUT2D eigenvalue weighted by Gasteiger charge is 2.43. The molecule has 0 saturated heterocycles. The van der Waals surface area contributed by atoms with Crippen LogP contribution >= 0.6 is 11.6 Å². The van der Waals surface area contributed by atoms with Gasteiger partial charge in [-0.05, 0) is 17.7 Å². The molecule has 0 saturated carbocycles. The van der Waals surface area contributed by atoms with Gasteiger partial charge in [-0.2, -0.15) is 5.26 Å². The summed E-state index contributed by atoms with van der Waals surface area (Å²) in [6.45, 7) is 0. The van der Waals surface area contributed by atoms with Gasteiger partial charge in [0, 0.05) is 0 Å². The molecule has 3 rings (SSSR count). The number of rotatable bonds is 4. The molecule has 1 aliphatic heterocycles. The van der Waals surface area contributed by atoms with Crippen molar-refractivity contribution in [3.05, 3.63) is 87.6 Å². The first-order valence-electron chi connectivity index (χ1n) is 8.96. The van der Waals surface area contributed by atoms with Gasteiger partial charge in [0.05, 0.1) is 48.1 Å². The highest BCUT2D eigenvalue weighted by molar-refractivity contribution is 6.31. The lowest BCUT2D eigenvalue weighted by Gasteiger charge is -2.36. The van der Waals surface area contributed by atoms with Crippen LogP contribution in [0.2, 0.25) is 5.02 Å². The first-order valence-corrected chi connectivity index (χ1v) is 9.34. The van der Waals surface area contributed by atoms with Crippen LogP contribution in [0.5, 0.6) is 0 Å². The Bertz CT molecular complexity index is 1160.